The Morgan fingerprint density at radius 3 is 2.36 bits per heavy atom. The van der Waals surface area contributed by atoms with E-state index in [1.807, 2.05) is 0 Å². The maximum atomic E-state index is 11.3. The van der Waals surface area contributed by atoms with Gasteiger partial charge in [0.05, 0.1) is 5.56 Å². The Hall–Kier alpha value is -1.16. The van der Waals surface area contributed by atoms with E-state index in [-0.39, 0.29) is 6.42 Å². The first-order valence-corrected chi connectivity index (χ1v) is 4.93. The molecule has 0 fully saturated rings. The normalized spacial score (nSPS) is 9.57. The van der Waals surface area contributed by atoms with Crippen molar-refractivity contribution < 1.29 is 14.3 Å². The van der Waals surface area contributed by atoms with E-state index >= 15 is 0 Å². The maximum Gasteiger partial charge on any atom is 0.345 e. The molecule has 0 heterocycles. The molecule has 1 aromatic carbocycles. The topological polar surface area (TPSA) is 43.4 Å². The van der Waals surface area contributed by atoms with Gasteiger partial charge in [0, 0.05) is 10.9 Å². The molecule has 0 bridgehead atoms. The summed E-state index contributed by atoms with van der Waals surface area (Å²) in [5, 5.41) is 0. The van der Waals surface area contributed by atoms with Crippen molar-refractivity contribution in [3.05, 3.63) is 34.3 Å². The van der Waals surface area contributed by atoms with Crippen LogP contribution in [0.3, 0.4) is 0 Å². The van der Waals surface area contributed by atoms with Crippen LogP contribution >= 0.6 is 15.9 Å². The van der Waals surface area contributed by atoms with E-state index in [4.69, 9.17) is 0 Å². The molecular weight excluding hydrogens is 248 g/mol. The Morgan fingerprint density at radius 2 is 1.86 bits per heavy atom. The van der Waals surface area contributed by atoms with E-state index in [9.17, 15) is 9.59 Å². The van der Waals surface area contributed by atoms with E-state index in [1.165, 1.54) is 0 Å². The van der Waals surface area contributed by atoms with Gasteiger partial charge in [-0.1, -0.05) is 22.9 Å². The quantitative estimate of drug-likeness (QED) is 0.604. The molecule has 0 unspecified atom stereocenters. The standard InChI is InChI=1S/C10H9BrO3/c1-2-9(12)14-10(13)7-3-5-8(11)6-4-7/h3-6H,2H2,1H3. The molecule has 4 heteroatoms. The third-order valence-electron chi connectivity index (χ3n) is 1.58. The molecule has 3 nitrogen and oxygen atoms in total. The Bertz CT molecular complexity index is 343. The van der Waals surface area contributed by atoms with Crippen LogP contribution in [-0.4, -0.2) is 11.9 Å². The van der Waals surface area contributed by atoms with Crippen molar-refractivity contribution in [3.8, 4) is 0 Å². The number of carbonyl (C=O) groups excluding carboxylic acids is 2. The number of hydrogen-bond donors (Lipinski definition) is 0. The monoisotopic (exact) mass is 256 g/mol. The highest BCUT2D eigenvalue weighted by molar-refractivity contribution is 9.10. The lowest BCUT2D eigenvalue weighted by Crippen LogP contribution is -2.11. The van der Waals surface area contributed by atoms with Crippen LogP contribution in [0.25, 0.3) is 0 Å². The molecule has 0 radical (unpaired) electrons. The van der Waals surface area contributed by atoms with Crippen molar-refractivity contribution in [2.24, 2.45) is 0 Å². The van der Waals surface area contributed by atoms with Gasteiger partial charge in [0.15, 0.2) is 0 Å². The fourth-order valence-corrected chi connectivity index (χ4v) is 1.08. The van der Waals surface area contributed by atoms with Gasteiger partial charge in [0.25, 0.3) is 0 Å². The first kappa shape index (κ1) is 10.9. The Morgan fingerprint density at radius 1 is 1.29 bits per heavy atom. The van der Waals surface area contributed by atoms with Gasteiger partial charge in [-0.2, -0.15) is 0 Å². The maximum absolute atomic E-state index is 11.3. The average molecular weight is 257 g/mol. The molecule has 0 spiro atoms. The number of rotatable bonds is 2. The van der Waals surface area contributed by atoms with Crippen molar-refractivity contribution in [1.29, 1.82) is 0 Å². The molecule has 0 aliphatic carbocycles. The summed E-state index contributed by atoms with van der Waals surface area (Å²) in [6.45, 7) is 1.64. The molecule has 0 N–H and O–H groups in total. The van der Waals surface area contributed by atoms with Crippen LogP contribution in [0.4, 0.5) is 0 Å². The van der Waals surface area contributed by atoms with Crippen molar-refractivity contribution in [2.45, 2.75) is 13.3 Å². The Labute approximate surface area is 90.2 Å². The van der Waals surface area contributed by atoms with Gasteiger partial charge in [0.1, 0.15) is 0 Å². The molecule has 0 amide bonds. The van der Waals surface area contributed by atoms with Crippen LogP contribution < -0.4 is 0 Å². The van der Waals surface area contributed by atoms with Gasteiger partial charge in [-0.05, 0) is 24.3 Å². The molecule has 14 heavy (non-hydrogen) atoms. The second-order valence-electron chi connectivity index (χ2n) is 2.62. The van der Waals surface area contributed by atoms with Crippen LogP contribution in [0, 0.1) is 0 Å². The lowest BCUT2D eigenvalue weighted by Gasteiger charge is -2.00. The second kappa shape index (κ2) is 4.91. The summed E-state index contributed by atoms with van der Waals surface area (Å²) in [4.78, 5) is 22.1. The predicted molar refractivity (Wildman–Crippen MR) is 54.9 cm³/mol. The van der Waals surface area contributed by atoms with Gasteiger partial charge in [-0.3, -0.25) is 4.79 Å². The summed E-state index contributed by atoms with van der Waals surface area (Å²) in [6, 6.07) is 6.62. The van der Waals surface area contributed by atoms with Gasteiger partial charge >= 0.3 is 11.9 Å². The smallest absolute Gasteiger partial charge is 0.345 e. The third-order valence-corrected chi connectivity index (χ3v) is 2.10. The number of hydrogen-bond acceptors (Lipinski definition) is 3. The highest BCUT2D eigenvalue weighted by Gasteiger charge is 2.10. The number of ether oxygens (including phenoxy) is 1. The summed E-state index contributed by atoms with van der Waals surface area (Å²) in [6.07, 6.45) is 0.197. The number of esters is 2. The van der Waals surface area contributed by atoms with Crippen molar-refractivity contribution >= 4 is 27.9 Å². The molecule has 0 saturated heterocycles. The van der Waals surface area contributed by atoms with E-state index in [1.54, 1.807) is 31.2 Å². The van der Waals surface area contributed by atoms with E-state index in [2.05, 4.69) is 20.7 Å². The number of carbonyl (C=O) groups is 2. The lowest BCUT2D eigenvalue weighted by molar-refractivity contribution is -0.137. The minimum absolute atomic E-state index is 0.197. The van der Waals surface area contributed by atoms with E-state index < -0.39 is 11.9 Å². The van der Waals surface area contributed by atoms with Crippen LogP contribution in [0.5, 0.6) is 0 Å². The van der Waals surface area contributed by atoms with Crippen molar-refractivity contribution in [2.75, 3.05) is 0 Å². The third kappa shape index (κ3) is 2.96. The van der Waals surface area contributed by atoms with Crippen molar-refractivity contribution in [3.63, 3.8) is 0 Å². The molecule has 1 rings (SSSR count). The zero-order chi connectivity index (χ0) is 10.6. The van der Waals surface area contributed by atoms with Gasteiger partial charge in [-0.15, -0.1) is 0 Å². The summed E-state index contributed by atoms with van der Waals surface area (Å²) < 4.78 is 5.40. The zero-order valence-electron chi connectivity index (χ0n) is 7.62. The first-order valence-electron chi connectivity index (χ1n) is 4.14. The fourth-order valence-electron chi connectivity index (χ4n) is 0.820. The lowest BCUT2D eigenvalue weighted by atomic mass is 10.2. The van der Waals surface area contributed by atoms with Gasteiger partial charge < -0.3 is 4.74 Å². The van der Waals surface area contributed by atoms with Crippen molar-refractivity contribution in [1.82, 2.24) is 0 Å². The number of halogens is 1. The van der Waals surface area contributed by atoms with Crippen LogP contribution in [-0.2, 0) is 9.53 Å². The first-order chi connectivity index (χ1) is 6.63. The molecule has 0 atom stereocenters. The van der Waals surface area contributed by atoms with Gasteiger partial charge in [0.2, 0.25) is 0 Å². The molecule has 0 aliphatic heterocycles. The Balaban J connectivity index is 2.70. The highest BCUT2D eigenvalue weighted by Crippen LogP contribution is 2.11. The SMILES string of the molecule is CCC(=O)OC(=O)c1ccc(Br)cc1. The largest absolute Gasteiger partial charge is 0.389 e. The predicted octanol–water partition coefficient (Wildman–Crippen LogP) is 2.54. The molecule has 0 aliphatic rings. The average Bonchev–Trinajstić information content (AvgIpc) is 2.18. The fraction of sp³-hybridized carbons (Fsp3) is 0.200. The van der Waals surface area contributed by atoms with Crippen LogP contribution in [0.15, 0.2) is 28.7 Å². The van der Waals surface area contributed by atoms with Crippen LogP contribution in [0.2, 0.25) is 0 Å². The molecule has 0 aromatic heterocycles. The highest BCUT2D eigenvalue weighted by atomic mass is 79.9. The Kier molecular flexibility index (Phi) is 3.83. The molecule has 0 saturated carbocycles. The summed E-state index contributed by atoms with van der Waals surface area (Å²) in [5.74, 6) is -1.12. The summed E-state index contributed by atoms with van der Waals surface area (Å²) in [7, 11) is 0. The minimum atomic E-state index is -0.607. The second-order valence-corrected chi connectivity index (χ2v) is 3.54. The zero-order valence-corrected chi connectivity index (χ0v) is 9.21. The minimum Gasteiger partial charge on any atom is -0.389 e. The van der Waals surface area contributed by atoms with E-state index in [0.717, 1.165) is 4.47 Å². The van der Waals surface area contributed by atoms with E-state index in [0.29, 0.717) is 5.56 Å². The molecule has 1 aromatic rings. The molecular formula is C10H9BrO3. The summed E-state index contributed by atoms with van der Waals surface area (Å²) in [5.41, 5.74) is 0.370. The van der Waals surface area contributed by atoms with Gasteiger partial charge in [-0.25, -0.2) is 4.79 Å². The molecule has 74 valence electrons. The summed E-state index contributed by atoms with van der Waals surface area (Å²) >= 11 is 3.24. The number of benzene rings is 1. The van der Waals surface area contributed by atoms with Crippen LogP contribution in [0.1, 0.15) is 23.7 Å².